The molecule has 0 radical (unpaired) electrons. The quantitative estimate of drug-likeness (QED) is 0.904. The number of halogens is 1. The molecular weight excluding hydrogens is 314 g/mol. The van der Waals surface area contributed by atoms with Crippen molar-refractivity contribution in [2.45, 2.75) is 25.5 Å². The zero-order valence-electron chi connectivity index (χ0n) is 11.5. The highest BCUT2D eigenvalue weighted by molar-refractivity contribution is 9.10. The van der Waals surface area contributed by atoms with Gasteiger partial charge in [0, 0.05) is 16.1 Å². The van der Waals surface area contributed by atoms with Crippen LogP contribution in [0.3, 0.4) is 0 Å². The van der Waals surface area contributed by atoms with Crippen molar-refractivity contribution in [1.82, 2.24) is 5.32 Å². The monoisotopic (exact) mass is 331 g/mol. The molecule has 104 valence electrons. The van der Waals surface area contributed by atoms with E-state index in [0.29, 0.717) is 12.6 Å². The first-order valence-electron chi connectivity index (χ1n) is 6.94. The number of aryl methyl sites for hydroxylation is 1. The van der Waals surface area contributed by atoms with Gasteiger partial charge in [0.2, 0.25) is 0 Å². The lowest BCUT2D eigenvalue weighted by molar-refractivity contribution is 0.305. The lowest BCUT2D eigenvalue weighted by Crippen LogP contribution is -2.12. The minimum atomic E-state index is 0.502. The van der Waals surface area contributed by atoms with Gasteiger partial charge in [0.05, 0.1) is 0 Å². The molecule has 0 bridgehead atoms. The average molecular weight is 332 g/mol. The maximum absolute atomic E-state index is 5.92. The SMILES string of the molecule is CNC1CCc2cc(OCc3ccccc3Br)ccc21. The number of benzene rings is 2. The van der Waals surface area contributed by atoms with E-state index in [1.807, 2.05) is 25.2 Å². The number of hydrogen-bond donors (Lipinski definition) is 1. The second kappa shape index (κ2) is 5.98. The Labute approximate surface area is 128 Å². The number of ether oxygens (including phenoxy) is 1. The van der Waals surface area contributed by atoms with Crippen LogP contribution >= 0.6 is 15.9 Å². The van der Waals surface area contributed by atoms with Crippen LogP contribution in [0.5, 0.6) is 5.75 Å². The summed E-state index contributed by atoms with van der Waals surface area (Å²) in [6.07, 6.45) is 2.31. The first-order chi connectivity index (χ1) is 9.78. The van der Waals surface area contributed by atoms with E-state index < -0.39 is 0 Å². The smallest absolute Gasteiger partial charge is 0.120 e. The normalized spacial score (nSPS) is 17.0. The second-order valence-corrected chi connectivity index (χ2v) is 5.97. The Kier molecular flexibility index (Phi) is 4.08. The summed E-state index contributed by atoms with van der Waals surface area (Å²) in [7, 11) is 2.02. The van der Waals surface area contributed by atoms with Gasteiger partial charge in [-0.1, -0.05) is 40.2 Å². The molecule has 0 saturated heterocycles. The molecule has 0 spiro atoms. The molecular formula is C17H18BrNO. The van der Waals surface area contributed by atoms with Gasteiger partial charge in [-0.05, 0) is 49.2 Å². The summed E-state index contributed by atoms with van der Waals surface area (Å²) in [5.74, 6) is 0.955. The van der Waals surface area contributed by atoms with Gasteiger partial charge in [-0.3, -0.25) is 0 Å². The van der Waals surface area contributed by atoms with E-state index >= 15 is 0 Å². The first kappa shape index (κ1) is 13.7. The molecule has 0 amide bonds. The Bertz CT molecular complexity index is 612. The number of fused-ring (bicyclic) bond motifs is 1. The fourth-order valence-electron chi connectivity index (χ4n) is 2.76. The predicted octanol–water partition coefficient (Wildman–Crippen LogP) is 4.23. The second-order valence-electron chi connectivity index (χ2n) is 5.12. The molecule has 0 heterocycles. The van der Waals surface area contributed by atoms with Crippen molar-refractivity contribution < 1.29 is 4.74 Å². The minimum absolute atomic E-state index is 0.502. The summed E-state index contributed by atoms with van der Waals surface area (Å²) in [5, 5.41) is 3.36. The van der Waals surface area contributed by atoms with Crippen LogP contribution in [0.2, 0.25) is 0 Å². The summed E-state index contributed by atoms with van der Waals surface area (Å²) in [6.45, 7) is 0.593. The van der Waals surface area contributed by atoms with Crippen LogP contribution in [-0.4, -0.2) is 7.05 Å². The molecule has 0 saturated carbocycles. The van der Waals surface area contributed by atoms with Crippen molar-refractivity contribution in [3.05, 3.63) is 63.6 Å². The largest absolute Gasteiger partial charge is 0.489 e. The Balaban J connectivity index is 1.72. The van der Waals surface area contributed by atoms with Gasteiger partial charge < -0.3 is 10.1 Å². The lowest BCUT2D eigenvalue weighted by atomic mass is 10.1. The molecule has 0 fully saturated rings. The molecule has 1 aliphatic carbocycles. The molecule has 2 aromatic carbocycles. The predicted molar refractivity (Wildman–Crippen MR) is 85.0 cm³/mol. The van der Waals surface area contributed by atoms with Gasteiger partial charge in [0.15, 0.2) is 0 Å². The summed E-state index contributed by atoms with van der Waals surface area (Å²) >= 11 is 3.55. The van der Waals surface area contributed by atoms with E-state index in [2.05, 4.69) is 45.5 Å². The molecule has 2 aromatic rings. The molecule has 1 atom stereocenters. The van der Waals surface area contributed by atoms with E-state index in [1.165, 1.54) is 23.1 Å². The highest BCUT2D eigenvalue weighted by atomic mass is 79.9. The summed E-state index contributed by atoms with van der Waals surface area (Å²) in [4.78, 5) is 0. The molecule has 1 N–H and O–H groups in total. The van der Waals surface area contributed by atoms with Crippen molar-refractivity contribution in [2.24, 2.45) is 0 Å². The van der Waals surface area contributed by atoms with Gasteiger partial charge in [-0.2, -0.15) is 0 Å². The number of rotatable bonds is 4. The third-order valence-electron chi connectivity index (χ3n) is 3.89. The molecule has 0 aromatic heterocycles. The van der Waals surface area contributed by atoms with Gasteiger partial charge in [0.1, 0.15) is 12.4 Å². The molecule has 20 heavy (non-hydrogen) atoms. The third-order valence-corrected chi connectivity index (χ3v) is 4.67. The van der Waals surface area contributed by atoms with Gasteiger partial charge in [0.25, 0.3) is 0 Å². The van der Waals surface area contributed by atoms with Gasteiger partial charge >= 0.3 is 0 Å². The molecule has 2 nitrogen and oxygen atoms in total. The highest BCUT2D eigenvalue weighted by Crippen LogP contribution is 2.33. The van der Waals surface area contributed by atoms with E-state index in [4.69, 9.17) is 4.74 Å². The van der Waals surface area contributed by atoms with Gasteiger partial charge in [-0.25, -0.2) is 0 Å². The van der Waals surface area contributed by atoms with Crippen molar-refractivity contribution in [3.8, 4) is 5.75 Å². The number of nitrogens with one attached hydrogen (secondary N) is 1. The van der Waals surface area contributed by atoms with Crippen LogP contribution in [0.25, 0.3) is 0 Å². The molecule has 3 heteroatoms. The van der Waals surface area contributed by atoms with E-state index in [0.717, 1.165) is 16.6 Å². The van der Waals surface area contributed by atoms with Crippen molar-refractivity contribution >= 4 is 15.9 Å². The Hall–Kier alpha value is -1.32. The van der Waals surface area contributed by atoms with Gasteiger partial charge in [-0.15, -0.1) is 0 Å². The van der Waals surface area contributed by atoms with Crippen LogP contribution in [-0.2, 0) is 13.0 Å². The van der Waals surface area contributed by atoms with Crippen molar-refractivity contribution in [2.75, 3.05) is 7.05 Å². The van der Waals surface area contributed by atoms with E-state index in [-0.39, 0.29) is 0 Å². The van der Waals surface area contributed by atoms with Crippen LogP contribution in [0.1, 0.15) is 29.2 Å². The fourth-order valence-corrected chi connectivity index (χ4v) is 3.16. The maximum Gasteiger partial charge on any atom is 0.120 e. The topological polar surface area (TPSA) is 21.3 Å². The van der Waals surface area contributed by atoms with Crippen molar-refractivity contribution in [3.63, 3.8) is 0 Å². The standard InChI is InChI=1S/C17H18BrNO/c1-19-17-9-6-12-10-14(7-8-15(12)17)20-11-13-4-2-3-5-16(13)18/h2-5,7-8,10,17,19H,6,9,11H2,1H3. The van der Waals surface area contributed by atoms with Crippen molar-refractivity contribution in [1.29, 1.82) is 0 Å². The molecule has 1 unspecified atom stereocenters. The highest BCUT2D eigenvalue weighted by Gasteiger charge is 2.21. The Morgan fingerprint density at radius 2 is 2.10 bits per heavy atom. The lowest BCUT2D eigenvalue weighted by Gasteiger charge is -2.12. The average Bonchev–Trinajstić information content (AvgIpc) is 2.88. The van der Waals surface area contributed by atoms with Crippen LogP contribution in [0, 0.1) is 0 Å². The zero-order valence-corrected chi connectivity index (χ0v) is 13.1. The minimum Gasteiger partial charge on any atom is -0.489 e. The van der Waals surface area contributed by atoms with Crippen LogP contribution in [0.15, 0.2) is 46.9 Å². The maximum atomic E-state index is 5.92. The molecule has 1 aliphatic rings. The third kappa shape index (κ3) is 2.74. The van der Waals surface area contributed by atoms with E-state index in [1.54, 1.807) is 0 Å². The zero-order chi connectivity index (χ0) is 13.9. The fraction of sp³-hybridized carbons (Fsp3) is 0.294. The molecule has 3 rings (SSSR count). The Morgan fingerprint density at radius 1 is 1.25 bits per heavy atom. The van der Waals surface area contributed by atoms with Crippen LogP contribution < -0.4 is 10.1 Å². The summed E-state index contributed by atoms with van der Waals surface area (Å²) < 4.78 is 7.01. The molecule has 0 aliphatic heterocycles. The Morgan fingerprint density at radius 3 is 2.90 bits per heavy atom. The number of hydrogen-bond acceptors (Lipinski definition) is 2. The summed E-state index contributed by atoms with van der Waals surface area (Å²) in [6, 6.07) is 15.1. The van der Waals surface area contributed by atoms with E-state index in [9.17, 15) is 0 Å². The summed E-state index contributed by atoms with van der Waals surface area (Å²) in [5.41, 5.74) is 4.00. The van der Waals surface area contributed by atoms with Crippen LogP contribution in [0.4, 0.5) is 0 Å². The first-order valence-corrected chi connectivity index (χ1v) is 7.73.